The number of carbonyl (C=O) groups is 1. The second-order valence-electron chi connectivity index (χ2n) is 3.19. The molecule has 0 spiro atoms. The van der Waals surface area contributed by atoms with Crippen LogP contribution in [0, 0.1) is 0 Å². The molecule has 0 saturated heterocycles. The van der Waals surface area contributed by atoms with E-state index in [1.54, 1.807) is 6.07 Å². The Hall–Kier alpha value is -1.46. The summed E-state index contributed by atoms with van der Waals surface area (Å²) in [6, 6.07) is 3.10. The summed E-state index contributed by atoms with van der Waals surface area (Å²) in [6.07, 6.45) is 0. The van der Waals surface area contributed by atoms with Crippen LogP contribution >= 0.6 is 11.6 Å². The zero-order valence-electron chi connectivity index (χ0n) is 8.79. The number of phenols is 1. The van der Waals surface area contributed by atoms with Crippen LogP contribution < -0.4 is 15.8 Å². The number of nitrogens with two attached hydrogens (primary N) is 1. The molecule has 0 aliphatic rings. The Bertz CT molecular complexity index is 396. The molecule has 0 fully saturated rings. The molecule has 0 bridgehead atoms. The van der Waals surface area contributed by atoms with Crippen LogP contribution in [0.5, 0.6) is 11.5 Å². The molecule has 0 aliphatic heterocycles. The van der Waals surface area contributed by atoms with Crippen molar-refractivity contribution >= 4 is 17.5 Å². The SMILES string of the molecule is COc1cc(Cl)cc(CNCC(N)=O)c1O. The fourth-order valence-electron chi connectivity index (χ4n) is 1.24. The predicted octanol–water partition coefficient (Wildman–Crippen LogP) is 0.629. The Morgan fingerprint density at radius 2 is 2.31 bits per heavy atom. The van der Waals surface area contributed by atoms with Crippen molar-refractivity contribution < 1.29 is 14.6 Å². The fourth-order valence-corrected chi connectivity index (χ4v) is 1.47. The third-order valence-corrected chi connectivity index (χ3v) is 2.17. The number of halogens is 1. The van der Waals surface area contributed by atoms with Crippen LogP contribution in [-0.4, -0.2) is 24.7 Å². The number of carbonyl (C=O) groups excluding carboxylic acids is 1. The van der Waals surface area contributed by atoms with Gasteiger partial charge in [-0.3, -0.25) is 4.79 Å². The number of amides is 1. The van der Waals surface area contributed by atoms with E-state index in [1.165, 1.54) is 13.2 Å². The summed E-state index contributed by atoms with van der Waals surface area (Å²) in [5, 5.41) is 13.0. The van der Waals surface area contributed by atoms with Gasteiger partial charge in [-0.05, 0) is 6.07 Å². The van der Waals surface area contributed by atoms with E-state index in [2.05, 4.69) is 5.32 Å². The third-order valence-electron chi connectivity index (χ3n) is 1.95. The lowest BCUT2D eigenvalue weighted by molar-refractivity contribution is -0.117. The summed E-state index contributed by atoms with van der Waals surface area (Å²) in [4.78, 5) is 10.5. The van der Waals surface area contributed by atoms with Gasteiger partial charge in [-0.1, -0.05) is 11.6 Å². The van der Waals surface area contributed by atoms with E-state index < -0.39 is 5.91 Å². The largest absolute Gasteiger partial charge is 0.504 e. The van der Waals surface area contributed by atoms with E-state index in [9.17, 15) is 9.90 Å². The van der Waals surface area contributed by atoms with Crippen LogP contribution in [0.2, 0.25) is 5.02 Å². The molecule has 1 aromatic carbocycles. The average molecular weight is 245 g/mol. The Morgan fingerprint density at radius 1 is 1.62 bits per heavy atom. The lowest BCUT2D eigenvalue weighted by Gasteiger charge is -2.10. The number of methoxy groups -OCH3 is 1. The summed E-state index contributed by atoms with van der Waals surface area (Å²) in [5.74, 6) is -0.166. The van der Waals surface area contributed by atoms with E-state index in [-0.39, 0.29) is 18.8 Å². The zero-order chi connectivity index (χ0) is 12.1. The molecule has 0 aliphatic carbocycles. The lowest BCUT2D eigenvalue weighted by Crippen LogP contribution is -2.28. The van der Waals surface area contributed by atoms with Crippen molar-refractivity contribution in [2.45, 2.75) is 6.54 Å². The van der Waals surface area contributed by atoms with Gasteiger partial charge in [0.2, 0.25) is 5.91 Å². The maximum absolute atomic E-state index is 10.5. The van der Waals surface area contributed by atoms with E-state index in [1.807, 2.05) is 0 Å². The molecule has 0 saturated carbocycles. The fraction of sp³-hybridized carbons (Fsp3) is 0.300. The molecule has 0 atom stereocenters. The topological polar surface area (TPSA) is 84.6 Å². The highest BCUT2D eigenvalue weighted by Gasteiger charge is 2.09. The Morgan fingerprint density at radius 3 is 2.88 bits per heavy atom. The molecule has 0 unspecified atom stereocenters. The monoisotopic (exact) mass is 244 g/mol. The average Bonchev–Trinajstić information content (AvgIpc) is 2.22. The van der Waals surface area contributed by atoms with Crippen LogP contribution in [0.25, 0.3) is 0 Å². The zero-order valence-corrected chi connectivity index (χ0v) is 9.54. The minimum absolute atomic E-state index is 0.00358. The standard InChI is InChI=1S/C10H13ClN2O3/c1-16-8-3-7(11)2-6(10(8)15)4-13-5-9(12)14/h2-3,13,15H,4-5H2,1H3,(H2,12,14). The predicted molar refractivity (Wildman–Crippen MR) is 60.6 cm³/mol. The normalized spacial score (nSPS) is 10.1. The maximum atomic E-state index is 10.5. The molecule has 1 aromatic rings. The quantitative estimate of drug-likeness (QED) is 0.709. The minimum atomic E-state index is -0.464. The summed E-state index contributed by atoms with van der Waals surface area (Å²) < 4.78 is 4.94. The number of hydrogen-bond donors (Lipinski definition) is 3. The van der Waals surface area contributed by atoms with Gasteiger partial charge in [0.05, 0.1) is 13.7 Å². The van der Waals surface area contributed by atoms with Gasteiger partial charge in [-0.2, -0.15) is 0 Å². The molecule has 1 amide bonds. The van der Waals surface area contributed by atoms with Crippen molar-refractivity contribution in [3.8, 4) is 11.5 Å². The summed E-state index contributed by atoms with van der Waals surface area (Å²) in [7, 11) is 1.44. The highest BCUT2D eigenvalue weighted by atomic mass is 35.5. The second-order valence-corrected chi connectivity index (χ2v) is 3.62. The molecule has 0 heterocycles. The van der Waals surface area contributed by atoms with Crippen molar-refractivity contribution in [2.75, 3.05) is 13.7 Å². The second kappa shape index (κ2) is 5.58. The molecule has 88 valence electrons. The van der Waals surface area contributed by atoms with E-state index in [0.29, 0.717) is 16.3 Å². The van der Waals surface area contributed by atoms with Gasteiger partial charge in [0.15, 0.2) is 11.5 Å². The first-order chi connectivity index (χ1) is 7.54. The Labute approximate surface area is 98.2 Å². The third kappa shape index (κ3) is 3.29. The Balaban J connectivity index is 2.78. The highest BCUT2D eigenvalue weighted by molar-refractivity contribution is 6.30. The van der Waals surface area contributed by atoms with Crippen molar-refractivity contribution in [1.29, 1.82) is 0 Å². The van der Waals surface area contributed by atoms with Crippen molar-refractivity contribution in [3.05, 3.63) is 22.7 Å². The molecular weight excluding hydrogens is 232 g/mol. The first-order valence-electron chi connectivity index (χ1n) is 4.59. The summed E-state index contributed by atoms with van der Waals surface area (Å²) in [6.45, 7) is 0.319. The van der Waals surface area contributed by atoms with Gasteiger partial charge in [-0.25, -0.2) is 0 Å². The number of ether oxygens (including phenoxy) is 1. The molecule has 0 radical (unpaired) electrons. The number of primary amides is 1. The molecule has 5 nitrogen and oxygen atoms in total. The lowest BCUT2D eigenvalue weighted by atomic mass is 10.2. The molecular formula is C10H13ClN2O3. The van der Waals surface area contributed by atoms with Gasteiger partial charge in [0.25, 0.3) is 0 Å². The first-order valence-corrected chi connectivity index (χ1v) is 4.96. The van der Waals surface area contributed by atoms with E-state index >= 15 is 0 Å². The first kappa shape index (κ1) is 12.6. The number of hydrogen-bond acceptors (Lipinski definition) is 4. The molecule has 6 heteroatoms. The van der Waals surface area contributed by atoms with Gasteiger partial charge < -0.3 is 20.9 Å². The van der Waals surface area contributed by atoms with Crippen LogP contribution in [0.15, 0.2) is 12.1 Å². The van der Waals surface area contributed by atoms with Gasteiger partial charge in [0, 0.05) is 23.2 Å². The van der Waals surface area contributed by atoms with Crippen molar-refractivity contribution in [2.24, 2.45) is 5.73 Å². The van der Waals surface area contributed by atoms with E-state index in [0.717, 1.165) is 0 Å². The number of phenolic OH excluding ortho intramolecular Hbond substituents is 1. The van der Waals surface area contributed by atoms with Crippen molar-refractivity contribution in [1.82, 2.24) is 5.32 Å². The van der Waals surface area contributed by atoms with Gasteiger partial charge in [-0.15, -0.1) is 0 Å². The molecule has 0 aromatic heterocycles. The number of nitrogens with one attached hydrogen (secondary N) is 1. The number of rotatable bonds is 5. The van der Waals surface area contributed by atoms with Crippen LogP contribution in [0.3, 0.4) is 0 Å². The smallest absolute Gasteiger partial charge is 0.231 e. The van der Waals surface area contributed by atoms with Gasteiger partial charge in [0.1, 0.15) is 0 Å². The molecule has 4 N–H and O–H groups in total. The maximum Gasteiger partial charge on any atom is 0.231 e. The van der Waals surface area contributed by atoms with Crippen LogP contribution in [0.1, 0.15) is 5.56 Å². The summed E-state index contributed by atoms with van der Waals surface area (Å²) >= 11 is 5.83. The summed E-state index contributed by atoms with van der Waals surface area (Å²) in [5.41, 5.74) is 5.51. The molecule has 16 heavy (non-hydrogen) atoms. The number of benzene rings is 1. The van der Waals surface area contributed by atoms with Crippen LogP contribution in [0.4, 0.5) is 0 Å². The van der Waals surface area contributed by atoms with Crippen LogP contribution in [-0.2, 0) is 11.3 Å². The number of aromatic hydroxyl groups is 1. The Kier molecular flexibility index (Phi) is 4.39. The van der Waals surface area contributed by atoms with Gasteiger partial charge >= 0.3 is 0 Å². The highest BCUT2D eigenvalue weighted by Crippen LogP contribution is 2.33. The van der Waals surface area contributed by atoms with E-state index in [4.69, 9.17) is 22.1 Å². The van der Waals surface area contributed by atoms with Crippen molar-refractivity contribution in [3.63, 3.8) is 0 Å². The minimum Gasteiger partial charge on any atom is -0.504 e. The molecule has 1 rings (SSSR count).